The summed E-state index contributed by atoms with van der Waals surface area (Å²) in [5.74, 6) is 0.421. The van der Waals surface area contributed by atoms with Gasteiger partial charge in [0.25, 0.3) is 5.91 Å². The number of amidine groups is 1. The van der Waals surface area contributed by atoms with Gasteiger partial charge >= 0.3 is 0 Å². The molecular weight excluding hydrogens is 346 g/mol. The zero-order valence-corrected chi connectivity index (χ0v) is 15.3. The van der Waals surface area contributed by atoms with Gasteiger partial charge in [0.2, 0.25) is 0 Å². The number of aliphatic imine (C=N–C) groups is 1. The van der Waals surface area contributed by atoms with Crippen LogP contribution >= 0.6 is 11.8 Å². The molecule has 0 bridgehead atoms. The van der Waals surface area contributed by atoms with E-state index in [1.54, 1.807) is 23.9 Å². The molecule has 0 saturated carbocycles. The molecule has 2 aromatic rings. The number of para-hydroxylation sites is 1. The third-order valence-corrected chi connectivity index (χ3v) is 5.14. The number of rotatable bonds is 5. The molecule has 1 amide bonds. The number of amides is 1. The Morgan fingerprint density at radius 2 is 2.04 bits per heavy atom. The van der Waals surface area contributed by atoms with E-state index in [-0.39, 0.29) is 5.91 Å². The average Bonchev–Trinajstić information content (AvgIpc) is 3.27. The number of carbonyl (C=O) groups is 1. The predicted octanol–water partition coefficient (Wildman–Crippen LogP) is 4.05. The lowest BCUT2D eigenvalue weighted by atomic mass is 10.1. The third kappa shape index (κ3) is 3.20. The molecule has 6 heteroatoms. The average molecular weight is 365 g/mol. The lowest BCUT2D eigenvalue weighted by Gasteiger charge is -2.17. The van der Waals surface area contributed by atoms with E-state index in [9.17, 15) is 4.79 Å². The van der Waals surface area contributed by atoms with Gasteiger partial charge in [0.1, 0.15) is 5.75 Å². The Balaban J connectivity index is 1.48. The molecule has 2 aliphatic rings. The second kappa shape index (κ2) is 7.25. The lowest BCUT2D eigenvalue weighted by Crippen LogP contribution is -2.19. The molecule has 26 heavy (non-hydrogen) atoms. The Bertz CT molecular complexity index is 890. The van der Waals surface area contributed by atoms with Gasteiger partial charge in [-0.15, -0.1) is 0 Å². The fourth-order valence-electron chi connectivity index (χ4n) is 3.01. The summed E-state index contributed by atoms with van der Waals surface area (Å²) in [5.41, 5.74) is 3.58. The number of anilines is 1. The maximum absolute atomic E-state index is 12.6. The van der Waals surface area contributed by atoms with E-state index in [4.69, 9.17) is 4.74 Å². The van der Waals surface area contributed by atoms with Crippen molar-refractivity contribution in [2.24, 2.45) is 4.99 Å². The van der Waals surface area contributed by atoms with Crippen molar-refractivity contribution in [2.75, 3.05) is 25.0 Å². The zero-order valence-electron chi connectivity index (χ0n) is 14.4. The first-order chi connectivity index (χ1) is 12.8. The Morgan fingerprint density at radius 3 is 2.85 bits per heavy atom. The van der Waals surface area contributed by atoms with Crippen molar-refractivity contribution in [1.29, 1.82) is 0 Å². The monoisotopic (exact) mass is 365 g/mol. The molecule has 2 aromatic carbocycles. The van der Waals surface area contributed by atoms with E-state index in [0.717, 1.165) is 29.5 Å². The maximum atomic E-state index is 12.6. The van der Waals surface area contributed by atoms with Gasteiger partial charge in [-0.2, -0.15) is 0 Å². The minimum absolute atomic E-state index is 0.175. The van der Waals surface area contributed by atoms with Crippen LogP contribution in [0.5, 0.6) is 5.75 Å². The van der Waals surface area contributed by atoms with E-state index in [1.807, 2.05) is 43.3 Å². The number of ether oxygens (including phenoxy) is 1. The van der Waals surface area contributed by atoms with E-state index in [0.29, 0.717) is 17.9 Å². The maximum Gasteiger partial charge on any atom is 0.259 e. The SMILES string of the molecule is CCOc1ccccc1C(=O)Nc1ccc(C2=CSC3=NCCN23)cc1. The third-order valence-electron chi connectivity index (χ3n) is 4.24. The van der Waals surface area contributed by atoms with Crippen LogP contribution in [0.3, 0.4) is 0 Å². The molecule has 0 atom stereocenters. The van der Waals surface area contributed by atoms with Crippen LogP contribution in [0.1, 0.15) is 22.8 Å². The first-order valence-corrected chi connectivity index (χ1v) is 9.46. The van der Waals surface area contributed by atoms with Gasteiger partial charge in [0.15, 0.2) is 5.17 Å². The molecule has 4 rings (SSSR count). The first-order valence-electron chi connectivity index (χ1n) is 8.58. The molecule has 0 saturated heterocycles. The summed E-state index contributed by atoms with van der Waals surface area (Å²) in [7, 11) is 0. The smallest absolute Gasteiger partial charge is 0.259 e. The lowest BCUT2D eigenvalue weighted by molar-refractivity contribution is 0.102. The highest BCUT2D eigenvalue weighted by molar-refractivity contribution is 8.16. The van der Waals surface area contributed by atoms with Gasteiger partial charge in [-0.05, 0) is 36.8 Å². The summed E-state index contributed by atoms with van der Waals surface area (Å²) in [4.78, 5) is 19.3. The summed E-state index contributed by atoms with van der Waals surface area (Å²) in [6, 6.07) is 15.2. The largest absolute Gasteiger partial charge is 0.493 e. The molecule has 1 N–H and O–H groups in total. The van der Waals surface area contributed by atoms with Crippen molar-refractivity contribution in [3.63, 3.8) is 0 Å². The number of thioether (sulfide) groups is 1. The first kappa shape index (κ1) is 16.7. The van der Waals surface area contributed by atoms with Crippen molar-refractivity contribution in [3.05, 3.63) is 65.1 Å². The van der Waals surface area contributed by atoms with E-state index >= 15 is 0 Å². The topological polar surface area (TPSA) is 53.9 Å². The van der Waals surface area contributed by atoms with Crippen molar-refractivity contribution < 1.29 is 9.53 Å². The molecule has 2 aliphatic heterocycles. The molecule has 132 valence electrons. The molecule has 0 aliphatic carbocycles. The van der Waals surface area contributed by atoms with Gasteiger partial charge in [-0.25, -0.2) is 0 Å². The van der Waals surface area contributed by atoms with Crippen LogP contribution in [-0.2, 0) is 0 Å². The molecule has 2 heterocycles. The summed E-state index contributed by atoms with van der Waals surface area (Å²) in [5, 5.41) is 6.14. The Kier molecular flexibility index (Phi) is 4.67. The zero-order chi connectivity index (χ0) is 17.9. The molecule has 0 aromatic heterocycles. The van der Waals surface area contributed by atoms with Crippen LogP contribution in [0, 0.1) is 0 Å². The van der Waals surface area contributed by atoms with Gasteiger partial charge in [0, 0.05) is 17.6 Å². The second-order valence-corrected chi connectivity index (χ2v) is 6.73. The highest BCUT2D eigenvalue weighted by Gasteiger charge is 2.26. The van der Waals surface area contributed by atoms with Crippen LogP contribution < -0.4 is 10.1 Å². The number of nitrogens with zero attached hydrogens (tertiary/aromatic N) is 2. The highest BCUT2D eigenvalue weighted by Crippen LogP contribution is 2.35. The predicted molar refractivity (Wildman–Crippen MR) is 107 cm³/mol. The molecule has 0 fully saturated rings. The van der Waals surface area contributed by atoms with Gasteiger partial charge in [-0.1, -0.05) is 36.0 Å². The number of fused-ring (bicyclic) bond motifs is 1. The summed E-state index contributed by atoms with van der Waals surface area (Å²) in [6.45, 7) is 4.21. The van der Waals surface area contributed by atoms with Crippen LogP contribution in [0.25, 0.3) is 5.70 Å². The Labute approximate surface area is 156 Å². The van der Waals surface area contributed by atoms with Crippen molar-refractivity contribution in [3.8, 4) is 5.75 Å². The minimum atomic E-state index is -0.175. The highest BCUT2D eigenvalue weighted by atomic mass is 32.2. The molecule has 0 unspecified atom stereocenters. The normalized spacial score (nSPS) is 15.3. The van der Waals surface area contributed by atoms with Crippen molar-refractivity contribution >= 4 is 34.2 Å². The molecule has 0 radical (unpaired) electrons. The van der Waals surface area contributed by atoms with Crippen LogP contribution in [0.2, 0.25) is 0 Å². The van der Waals surface area contributed by atoms with E-state index < -0.39 is 0 Å². The second-order valence-electron chi connectivity index (χ2n) is 5.90. The fraction of sp³-hybridized carbons (Fsp3) is 0.200. The number of hydrogen-bond acceptors (Lipinski definition) is 5. The Morgan fingerprint density at radius 1 is 1.23 bits per heavy atom. The van der Waals surface area contributed by atoms with Gasteiger partial charge in [0.05, 0.1) is 24.4 Å². The number of carbonyl (C=O) groups excluding carboxylic acids is 1. The fourth-order valence-corrected chi connectivity index (χ4v) is 3.97. The quantitative estimate of drug-likeness (QED) is 0.868. The van der Waals surface area contributed by atoms with Crippen LogP contribution in [0.15, 0.2) is 58.9 Å². The van der Waals surface area contributed by atoms with Gasteiger partial charge in [-0.3, -0.25) is 9.79 Å². The van der Waals surface area contributed by atoms with Gasteiger partial charge < -0.3 is 15.0 Å². The molecular formula is C20H19N3O2S. The Hall–Kier alpha value is -2.73. The summed E-state index contributed by atoms with van der Waals surface area (Å²) in [6.07, 6.45) is 0. The number of hydrogen-bond donors (Lipinski definition) is 1. The van der Waals surface area contributed by atoms with E-state index in [1.165, 1.54) is 5.70 Å². The number of nitrogens with one attached hydrogen (secondary N) is 1. The summed E-state index contributed by atoms with van der Waals surface area (Å²) < 4.78 is 5.54. The van der Waals surface area contributed by atoms with Crippen LogP contribution in [0.4, 0.5) is 5.69 Å². The van der Waals surface area contributed by atoms with Crippen molar-refractivity contribution in [1.82, 2.24) is 4.90 Å². The van der Waals surface area contributed by atoms with E-state index in [2.05, 4.69) is 20.6 Å². The summed E-state index contributed by atoms with van der Waals surface area (Å²) >= 11 is 1.66. The van der Waals surface area contributed by atoms with Crippen LogP contribution in [-0.4, -0.2) is 35.7 Å². The molecule has 0 spiro atoms. The number of benzene rings is 2. The minimum Gasteiger partial charge on any atom is -0.493 e. The van der Waals surface area contributed by atoms with Crippen molar-refractivity contribution in [2.45, 2.75) is 6.92 Å². The standard InChI is InChI=1S/C20H19N3O2S/c1-2-25-18-6-4-3-5-16(18)19(24)22-15-9-7-14(8-10-15)17-13-26-20-21-11-12-23(17)20/h3-10,13H,2,11-12H2,1H3,(H,22,24). The molecule has 5 nitrogen and oxygen atoms in total.